The van der Waals surface area contributed by atoms with E-state index in [9.17, 15) is 16.8 Å². The van der Waals surface area contributed by atoms with Gasteiger partial charge >= 0.3 is 0 Å². The topological polar surface area (TPSA) is 107 Å². The van der Waals surface area contributed by atoms with Crippen LogP contribution in [0, 0.1) is 6.92 Å². The van der Waals surface area contributed by atoms with E-state index >= 15 is 0 Å². The van der Waals surface area contributed by atoms with E-state index in [4.69, 9.17) is 5.14 Å². The molecule has 1 heterocycles. The van der Waals surface area contributed by atoms with Gasteiger partial charge in [0.15, 0.2) is 0 Å². The molecule has 2 N–H and O–H groups in total. The Labute approximate surface area is 131 Å². The van der Waals surface area contributed by atoms with E-state index < -0.39 is 30.7 Å². The number of nitrogens with zero attached hydrogens (tertiary/aromatic N) is 1. The van der Waals surface area contributed by atoms with Gasteiger partial charge in [-0.15, -0.1) is 3.77 Å². The maximum Gasteiger partial charge on any atom is 0.289 e. The fraction of sp³-hybridized carbons (Fsp3) is 0.0769. The average molecular weight is 356 g/mol. The van der Waals surface area contributed by atoms with Crippen LogP contribution in [-0.2, 0) is 30.7 Å². The Morgan fingerprint density at radius 2 is 1.73 bits per heavy atom. The molecule has 1 unspecified atom stereocenters. The molecule has 0 radical (unpaired) electrons. The summed E-state index contributed by atoms with van der Waals surface area (Å²) in [5.41, 5.74) is 1.04. The number of aryl methyl sites for hydroxylation is 1. The lowest BCUT2D eigenvalue weighted by Gasteiger charge is -2.06. The van der Waals surface area contributed by atoms with Crippen molar-refractivity contribution in [3.8, 4) is 0 Å². The van der Waals surface area contributed by atoms with Gasteiger partial charge in [0.25, 0.3) is 10.0 Å². The van der Waals surface area contributed by atoms with Gasteiger partial charge in [-0.25, -0.2) is 13.6 Å². The first-order chi connectivity index (χ1) is 10.2. The second kappa shape index (κ2) is 4.98. The van der Waals surface area contributed by atoms with Gasteiger partial charge in [-0.3, -0.25) is 0 Å². The van der Waals surface area contributed by atoms with Gasteiger partial charge < -0.3 is 0 Å². The van der Waals surface area contributed by atoms with E-state index in [2.05, 4.69) is 3.77 Å². The predicted molar refractivity (Wildman–Crippen MR) is 82.5 cm³/mol. The van der Waals surface area contributed by atoms with Crippen LogP contribution in [0.2, 0.25) is 0 Å². The Balaban J connectivity index is 2.27. The Bertz CT molecular complexity index is 1010. The van der Waals surface area contributed by atoms with Crippen molar-refractivity contribution in [2.75, 3.05) is 0 Å². The van der Waals surface area contributed by atoms with Crippen molar-refractivity contribution in [3.05, 3.63) is 48.0 Å². The number of rotatable bonds is 2. The monoisotopic (exact) mass is 356 g/mol. The van der Waals surface area contributed by atoms with Crippen molar-refractivity contribution in [1.29, 1.82) is 0 Å². The Morgan fingerprint density at radius 1 is 1.09 bits per heavy atom. The molecule has 6 nitrogen and oxygen atoms in total. The van der Waals surface area contributed by atoms with Gasteiger partial charge in [0.1, 0.15) is 4.90 Å². The lowest BCUT2D eigenvalue weighted by atomic mass is 10.2. The Kier molecular flexibility index (Phi) is 3.48. The van der Waals surface area contributed by atoms with Crippen molar-refractivity contribution in [2.45, 2.75) is 26.5 Å². The zero-order valence-electron chi connectivity index (χ0n) is 11.4. The standard InChI is InChI=1S/C13H12N2O4S3/c1-9-2-4-10(5-3-9)20-12-8-11(21(14,16)17)6-7-13(12)22(18,19)15-20/h2-8H,1H3,(H2,14,16,17). The van der Waals surface area contributed by atoms with Crippen molar-refractivity contribution in [3.63, 3.8) is 0 Å². The molecule has 0 saturated heterocycles. The summed E-state index contributed by atoms with van der Waals surface area (Å²) in [6.45, 7) is 1.92. The first-order valence-electron chi connectivity index (χ1n) is 6.14. The summed E-state index contributed by atoms with van der Waals surface area (Å²) in [4.78, 5) is 0.974. The maximum atomic E-state index is 12.1. The average Bonchev–Trinajstić information content (AvgIpc) is 2.70. The van der Waals surface area contributed by atoms with E-state index in [1.165, 1.54) is 18.2 Å². The van der Waals surface area contributed by atoms with Gasteiger partial charge in [-0.05, 0) is 47.9 Å². The number of hydrogen-bond acceptors (Lipinski definition) is 4. The molecule has 2 aromatic rings. The van der Waals surface area contributed by atoms with Gasteiger partial charge in [0.2, 0.25) is 10.0 Å². The van der Waals surface area contributed by atoms with E-state index in [0.717, 1.165) is 5.56 Å². The summed E-state index contributed by atoms with van der Waals surface area (Å²) >= 11 is 0. The van der Waals surface area contributed by atoms with Gasteiger partial charge in [-0.2, -0.15) is 8.42 Å². The third-order valence-electron chi connectivity index (χ3n) is 3.15. The third kappa shape index (κ3) is 2.60. The van der Waals surface area contributed by atoms with Crippen LogP contribution in [0.4, 0.5) is 0 Å². The predicted octanol–water partition coefficient (Wildman–Crippen LogP) is 1.56. The molecule has 0 fully saturated rings. The van der Waals surface area contributed by atoms with E-state index in [0.29, 0.717) is 9.79 Å². The van der Waals surface area contributed by atoms with Gasteiger partial charge in [0, 0.05) is 9.79 Å². The summed E-state index contributed by atoms with van der Waals surface area (Å²) < 4.78 is 51.1. The number of sulfonamides is 2. The highest BCUT2D eigenvalue weighted by Gasteiger charge is 2.30. The van der Waals surface area contributed by atoms with Gasteiger partial charge in [-0.1, -0.05) is 17.7 Å². The lowest BCUT2D eigenvalue weighted by Crippen LogP contribution is -2.12. The van der Waals surface area contributed by atoms with Crippen molar-refractivity contribution in [1.82, 2.24) is 0 Å². The van der Waals surface area contributed by atoms with E-state index in [1.807, 2.05) is 19.1 Å². The minimum absolute atomic E-state index is 0.0313. The van der Waals surface area contributed by atoms with Crippen LogP contribution in [0.5, 0.6) is 0 Å². The van der Waals surface area contributed by atoms with E-state index in [1.54, 1.807) is 12.1 Å². The minimum Gasteiger partial charge on any atom is -0.225 e. The van der Waals surface area contributed by atoms with Gasteiger partial charge in [0.05, 0.1) is 4.90 Å². The van der Waals surface area contributed by atoms with E-state index in [-0.39, 0.29) is 9.79 Å². The second-order valence-corrected chi connectivity index (χ2v) is 9.83. The van der Waals surface area contributed by atoms with Crippen LogP contribution in [0.15, 0.2) is 65.8 Å². The molecule has 116 valence electrons. The molecule has 0 saturated carbocycles. The molecule has 3 rings (SSSR count). The van der Waals surface area contributed by atoms with Crippen molar-refractivity contribution >= 4 is 30.7 Å². The molecule has 9 heteroatoms. The summed E-state index contributed by atoms with van der Waals surface area (Å²) in [6.07, 6.45) is 0. The number of benzene rings is 2. The number of nitrogens with two attached hydrogens (primary N) is 1. The fourth-order valence-electron chi connectivity index (χ4n) is 2.05. The van der Waals surface area contributed by atoms with Crippen LogP contribution in [0.25, 0.3) is 0 Å². The molecule has 0 aliphatic carbocycles. The SMILES string of the molecule is Cc1ccc(S2=NS(=O)(=O)c3ccc(S(N)(=O)=O)cc32)cc1. The molecular formula is C13H12N2O4S3. The lowest BCUT2D eigenvalue weighted by molar-refractivity contribution is 0.593. The highest BCUT2D eigenvalue weighted by molar-refractivity contribution is 8.03. The molecule has 1 aliphatic rings. The molecule has 0 amide bonds. The first-order valence-corrected chi connectivity index (χ1v) is 10.3. The molecule has 0 spiro atoms. The molecule has 1 atom stereocenters. The largest absolute Gasteiger partial charge is 0.289 e. The first kappa shape index (κ1) is 15.3. The highest BCUT2D eigenvalue weighted by atomic mass is 32.3. The van der Waals surface area contributed by atoms with Crippen LogP contribution >= 0.6 is 0 Å². The summed E-state index contributed by atoms with van der Waals surface area (Å²) in [6, 6.07) is 11.0. The molecule has 22 heavy (non-hydrogen) atoms. The normalized spacial score (nSPS) is 19.5. The number of primary sulfonamides is 1. The molecular weight excluding hydrogens is 344 g/mol. The fourth-order valence-corrected chi connectivity index (χ4v) is 6.68. The zero-order chi connectivity index (χ0) is 16.1. The van der Waals surface area contributed by atoms with Crippen LogP contribution in [0.1, 0.15) is 5.56 Å². The second-order valence-electron chi connectivity index (χ2n) is 4.80. The third-order valence-corrected chi connectivity index (χ3v) is 7.95. The summed E-state index contributed by atoms with van der Waals surface area (Å²) in [7, 11) is -8.75. The number of fused-ring (bicyclic) bond motifs is 1. The summed E-state index contributed by atoms with van der Waals surface area (Å²) in [5.74, 6) is 0. The number of hydrogen-bond donors (Lipinski definition) is 1. The molecule has 0 aromatic heterocycles. The molecule has 0 bridgehead atoms. The quantitative estimate of drug-likeness (QED) is 0.881. The molecule has 2 aromatic carbocycles. The molecule has 1 aliphatic heterocycles. The maximum absolute atomic E-state index is 12.1. The smallest absolute Gasteiger partial charge is 0.225 e. The zero-order valence-corrected chi connectivity index (χ0v) is 13.9. The summed E-state index contributed by atoms with van der Waals surface area (Å²) in [5, 5.41) is 5.12. The minimum atomic E-state index is -3.91. The van der Waals surface area contributed by atoms with Crippen LogP contribution in [0.3, 0.4) is 0 Å². The highest BCUT2D eigenvalue weighted by Crippen LogP contribution is 2.35. The van der Waals surface area contributed by atoms with Crippen molar-refractivity contribution in [2.24, 2.45) is 8.91 Å². The van der Waals surface area contributed by atoms with Crippen LogP contribution < -0.4 is 5.14 Å². The van der Waals surface area contributed by atoms with Crippen LogP contribution in [-0.4, -0.2) is 16.8 Å². The Morgan fingerprint density at radius 3 is 2.32 bits per heavy atom. The van der Waals surface area contributed by atoms with Crippen molar-refractivity contribution < 1.29 is 16.8 Å². The Hall–Kier alpha value is -1.55.